The average Bonchev–Trinajstić information content (AvgIpc) is 2.64. The molecule has 0 aromatic carbocycles. The number of hydrogen-bond acceptors (Lipinski definition) is 3. The summed E-state index contributed by atoms with van der Waals surface area (Å²) in [5.74, 6) is 0. The van der Waals surface area contributed by atoms with Crippen molar-refractivity contribution in [1.82, 2.24) is 9.47 Å². The molecule has 2 N–H and O–H groups in total. The third kappa shape index (κ3) is 4.14. The predicted octanol–water partition coefficient (Wildman–Crippen LogP) is 2.48. The van der Waals surface area contributed by atoms with Crippen molar-refractivity contribution in [3.05, 3.63) is 93.7 Å². The molecular weight excluding hydrogens is 322 g/mol. The van der Waals surface area contributed by atoms with Crippen LogP contribution in [0.3, 0.4) is 0 Å². The molecule has 0 saturated carbocycles. The molecule has 0 bridgehead atoms. The number of aromatic nitrogens is 1. The minimum Gasteiger partial charge on any atom is -0.404 e. The molecule has 0 atom stereocenters. The van der Waals surface area contributed by atoms with Crippen LogP contribution in [-0.2, 0) is 6.54 Å². The van der Waals surface area contributed by atoms with E-state index in [4.69, 9.17) is 5.73 Å². The van der Waals surface area contributed by atoms with E-state index < -0.39 is 0 Å². The molecule has 0 spiro atoms. The van der Waals surface area contributed by atoms with Crippen LogP contribution < -0.4 is 21.7 Å². The molecular formula is C22H27N3O. The molecule has 1 aromatic rings. The topological polar surface area (TPSA) is 51.3 Å². The van der Waals surface area contributed by atoms with Gasteiger partial charge in [-0.2, -0.15) is 0 Å². The predicted molar refractivity (Wildman–Crippen MR) is 110 cm³/mol. The number of nitrogens with zero attached hydrogens (tertiary/aromatic N) is 2. The Morgan fingerprint density at radius 2 is 2.04 bits per heavy atom. The molecule has 0 fully saturated rings. The van der Waals surface area contributed by atoms with Crippen LogP contribution >= 0.6 is 0 Å². The highest BCUT2D eigenvalue weighted by Gasteiger charge is 2.07. The van der Waals surface area contributed by atoms with Crippen molar-refractivity contribution in [2.75, 3.05) is 0 Å². The van der Waals surface area contributed by atoms with Crippen molar-refractivity contribution in [2.45, 2.75) is 33.7 Å². The van der Waals surface area contributed by atoms with Crippen LogP contribution in [0, 0.1) is 0 Å². The van der Waals surface area contributed by atoms with E-state index in [1.807, 2.05) is 37.1 Å². The highest BCUT2D eigenvalue weighted by atomic mass is 16.1. The van der Waals surface area contributed by atoms with Gasteiger partial charge in [0.25, 0.3) is 5.56 Å². The molecule has 0 radical (unpaired) electrons. The van der Waals surface area contributed by atoms with Gasteiger partial charge >= 0.3 is 0 Å². The van der Waals surface area contributed by atoms with Crippen molar-refractivity contribution in [2.24, 2.45) is 5.73 Å². The van der Waals surface area contributed by atoms with E-state index >= 15 is 0 Å². The summed E-state index contributed by atoms with van der Waals surface area (Å²) in [6, 6.07) is 1.90. The first-order valence-corrected chi connectivity index (χ1v) is 8.69. The zero-order chi connectivity index (χ0) is 19.3. The lowest BCUT2D eigenvalue weighted by atomic mass is 10.1. The third-order valence-corrected chi connectivity index (χ3v) is 4.41. The van der Waals surface area contributed by atoms with E-state index in [-0.39, 0.29) is 5.56 Å². The first-order valence-electron chi connectivity index (χ1n) is 8.69. The summed E-state index contributed by atoms with van der Waals surface area (Å²) < 4.78 is 1.66. The Hall–Kier alpha value is -3.01. The summed E-state index contributed by atoms with van der Waals surface area (Å²) in [5, 5.41) is 1.31. The average molecular weight is 349 g/mol. The van der Waals surface area contributed by atoms with Gasteiger partial charge in [0.2, 0.25) is 0 Å². The lowest BCUT2D eigenvalue weighted by molar-refractivity contribution is 0.617. The summed E-state index contributed by atoms with van der Waals surface area (Å²) >= 11 is 0. The molecule has 4 heteroatoms. The Morgan fingerprint density at radius 3 is 2.65 bits per heavy atom. The molecule has 0 saturated heterocycles. The zero-order valence-electron chi connectivity index (χ0n) is 15.8. The number of pyridine rings is 1. The van der Waals surface area contributed by atoms with Gasteiger partial charge in [-0.25, -0.2) is 0 Å². The fourth-order valence-corrected chi connectivity index (χ4v) is 2.80. The standard InChI is InChI=1S/C22H27N3O/c1-6-17(4)20-10-11-24(22(26)21(20)12-23)13-16(3)14-25-15-19(7-2)9-8-18(25)5/h6,8-12,14-15H,1,5,7,13,23H2,2-4H3/b16-14+,20-17-,21-12+. The largest absolute Gasteiger partial charge is 0.404 e. The van der Waals surface area contributed by atoms with Crippen molar-refractivity contribution >= 4 is 11.8 Å². The Balaban J connectivity index is 2.39. The molecule has 1 aliphatic rings. The number of allylic oxidation sites excluding steroid dienone is 5. The quantitative estimate of drug-likeness (QED) is 0.888. The Morgan fingerprint density at radius 1 is 1.31 bits per heavy atom. The fourth-order valence-electron chi connectivity index (χ4n) is 2.80. The Kier molecular flexibility index (Phi) is 6.23. The van der Waals surface area contributed by atoms with E-state index in [0.29, 0.717) is 11.8 Å². The lowest BCUT2D eigenvalue weighted by Gasteiger charge is -2.22. The first-order chi connectivity index (χ1) is 12.4. The van der Waals surface area contributed by atoms with Gasteiger partial charge in [0.15, 0.2) is 0 Å². The highest BCUT2D eigenvalue weighted by Crippen LogP contribution is 2.19. The fraction of sp³-hybridized carbons (Fsp3) is 0.227. The van der Waals surface area contributed by atoms with Crippen LogP contribution in [0.5, 0.6) is 0 Å². The first kappa shape index (κ1) is 19.3. The lowest BCUT2D eigenvalue weighted by Crippen LogP contribution is -2.46. The summed E-state index contributed by atoms with van der Waals surface area (Å²) in [4.78, 5) is 14.8. The molecule has 1 aromatic heterocycles. The van der Waals surface area contributed by atoms with Gasteiger partial charge in [-0.1, -0.05) is 32.2 Å². The monoisotopic (exact) mass is 349 g/mol. The van der Waals surface area contributed by atoms with Gasteiger partial charge in [-0.05, 0) is 54.3 Å². The summed E-state index contributed by atoms with van der Waals surface area (Å²) in [7, 11) is 0. The second-order valence-electron chi connectivity index (χ2n) is 6.39. The van der Waals surface area contributed by atoms with Gasteiger partial charge in [0.1, 0.15) is 0 Å². The van der Waals surface area contributed by atoms with Crippen molar-refractivity contribution in [3.8, 4) is 0 Å². The molecule has 2 rings (SSSR count). The van der Waals surface area contributed by atoms with E-state index in [1.54, 1.807) is 16.8 Å². The molecule has 2 heterocycles. The van der Waals surface area contributed by atoms with E-state index in [2.05, 4.69) is 32.4 Å². The summed E-state index contributed by atoms with van der Waals surface area (Å²) in [6.07, 6.45) is 14.0. The molecule has 1 aliphatic heterocycles. The maximum absolute atomic E-state index is 12.8. The van der Waals surface area contributed by atoms with Crippen LogP contribution in [0.25, 0.3) is 11.8 Å². The molecule has 26 heavy (non-hydrogen) atoms. The number of rotatable bonds is 5. The molecule has 0 aliphatic carbocycles. The second kappa shape index (κ2) is 8.39. The molecule has 136 valence electrons. The second-order valence-corrected chi connectivity index (χ2v) is 6.39. The van der Waals surface area contributed by atoms with Crippen molar-refractivity contribution in [1.29, 1.82) is 0 Å². The van der Waals surface area contributed by atoms with E-state index in [1.165, 1.54) is 11.8 Å². The highest BCUT2D eigenvalue weighted by molar-refractivity contribution is 5.53. The van der Waals surface area contributed by atoms with Crippen LogP contribution in [0.4, 0.5) is 0 Å². The number of hydrogen-bond donors (Lipinski definition) is 1. The summed E-state index contributed by atoms with van der Waals surface area (Å²) in [5.41, 5.74) is 9.69. The maximum atomic E-state index is 12.8. The Labute approximate surface area is 154 Å². The van der Waals surface area contributed by atoms with Crippen molar-refractivity contribution in [3.63, 3.8) is 0 Å². The third-order valence-electron chi connectivity index (χ3n) is 4.41. The SMILES string of the molecule is C=C/C(C)=c1/ccn(C/C(C)=C/N2C=C(CC)C=CC2=C)c(=O)/c1=C/N. The maximum Gasteiger partial charge on any atom is 0.260 e. The van der Waals surface area contributed by atoms with Crippen LogP contribution in [0.1, 0.15) is 27.2 Å². The van der Waals surface area contributed by atoms with Crippen LogP contribution in [0.15, 0.2) is 77.7 Å². The zero-order valence-corrected chi connectivity index (χ0v) is 15.8. The van der Waals surface area contributed by atoms with Crippen LogP contribution in [0.2, 0.25) is 0 Å². The van der Waals surface area contributed by atoms with Crippen molar-refractivity contribution < 1.29 is 0 Å². The van der Waals surface area contributed by atoms with Gasteiger partial charge in [-0.15, -0.1) is 0 Å². The van der Waals surface area contributed by atoms with Gasteiger partial charge in [-0.3, -0.25) is 4.79 Å². The van der Waals surface area contributed by atoms with E-state index in [9.17, 15) is 4.79 Å². The van der Waals surface area contributed by atoms with E-state index in [0.717, 1.165) is 28.5 Å². The van der Waals surface area contributed by atoms with Gasteiger partial charge in [0.05, 0.1) is 5.22 Å². The normalized spacial score (nSPS) is 16.7. The summed E-state index contributed by atoms with van der Waals surface area (Å²) in [6.45, 7) is 14.3. The molecule has 0 unspecified atom stereocenters. The molecule has 0 amide bonds. The minimum atomic E-state index is -0.110. The number of nitrogens with two attached hydrogens (primary N) is 1. The Bertz CT molecular complexity index is 987. The van der Waals surface area contributed by atoms with Gasteiger partial charge in [0, 0.05) is 37.0 Å². The van der Waals surface area contributed by atoms with Crippen LogP contribution in [-0.4, -0.2) is 9.47 Å². The van der Waals surface area contributed by atoms with Gasteiger partial charge < -0.3 is 15.2 Å². The smallest absolute Gasteiger partial charge is 0.260 e. The molecule has 4 nitrogen and oxygen atoms in total. The minimum absolute atomic E-state index is 0.110.